The maximum Gasteiger partial charge on any atom is 0.172 e. The Bertz CT molecular complexity index is 803. The van der Waals surface area contributed by atoms with Crippen molar-refractivity contribution in [3.8, 4) is 28.8 Å². The maximum absolute atomic E-state index is 13.0. The van der Waals surface area contributed by atoms with Crippen molar-refractivity contribution in [1.29, 1.82) is 5.26 Å². The SMILES string of the molecule is N#Cc1cccc(Oc2cn[nH]c2-c2ccc(F)cc2)c1. The van der Waals surface area contributed by atoms with E-state index in [9.17, 15) is 4.39 Å². The van der Waals surface area contributed by atoms with E-state index in [1.54, 1.807) is 36.4 Å². The number of nitriles is 1. The molecule has 0 aliphatic carbocycles. The Morgan fingerprint density at radius 2 is 1.95 bits per heavy atom. The average molecular weight is 279 g/mol. The van der Waals surface area contributed by atoms with Gasteiger partial charge in [0, 0.05) is 5.56 Å². The number of halogens is 1. The predicted octanol–water partition coefficient (Wildman–Crippen LogP) is 3.88. The molecule has 0 fully saturated rings. The number of aromatic amines is 1. The first-order valence-electron chi connectivity index (χ1n) is 6.23. The minimum Gasteiger partial charge on any atom is -0.453 e. The van der Waals surface area contributed by atoms with Crippen LogP contribution in [0.1, 0.15) is 5.56 Å². The molecule has 2 aromatic carbocycles. The summed E-state index contributed by atoms with van der Waals surface area (Å²) < 4.78 is 18.7. The van der Waals surface area contributed by atoms with Crippen LogP contribution in [0, 0.1) is 17.1 Å². The molecule has 1 N–H and O–H groups in total. The normalized spacial score (nSPS) is 10.1. The minimum atomic E-state index is -0.303. The molecule has 0 amide bonds. The molecule has 21 heavy (non-hydrogen) atoms. The number of nitrogens with zero attached hydrogens (tertiary/aromatic N) is 2. The number of rotatable bonds is 3. The molecule has 4 nitrogen and oxygen atoms in total. The lowest BCUT2D eigenvalue weighted by Gasteiger charge is -2.06. The molecular formula is C16H10FN3O. The Kier molecular flexibility index (Phi) is 3.36. The first kappa shape index (κ1) is 12.9. The van der Waals surface area contributed by atoms with Gasteiger partial charge in [0.15, 0.2) is 5.75 Å². The Hall–Kier alpha value is -3.13. The molecule has 0 spiro atoms. The monoisotopic (exact) mass is 279 g/mol. The third-order valence-corrected chi connectivity index (χ3v) is 2.93. The largest absolute Gasteiger partial charge is 0.453 e. The van der Waals surface area contributed by atoms with Gasteiger partial charge in [0.05, 0.1) is 17.8 Å². The molecule has 102 valence electrons. The Morgan fingerprint density at radius 1 is 1.14 bits per heavy atom. The van der Waals surface area contributed by atoms with Crippen LogP contribution in [-0.4, -0.2) is 10.2 Å². The highest BCUT2D eigenvalue weighted by molar-refractivity contribution is 5.66. The van der Waals surface area contributed by atoms with Crippen LogP contribution in [0.5, 0.6) is 11.5 Å². The highest BCUT2D eigenvalue weighted by atomic mass is 19.1. The molecule has 5 heteroatoms. The number of ether oxygens (including phenoxy) is 1. The van der Waals surface area contributed by atoms with Crippen molar-refractivity contribution in [3.05, 3.63) is 66.1 Å². The lowest BCUT2D eigenvalue weighted by molar-refractivity contribution is 0.484. The van der Waals surface area contributed by atoms with Crippen LogP contribution in [0.25, 0.3) is 11.3 Å². The molecule has 1 heterocycles. The van der Waals surface area contributed by atoms with Crippen molar-refractivity contribution in [2.75, 3.05) is 0 Å². The molecule has 0 unspecified atom stereocenters. The number of hydrogen-bond acceptors (Lipinski definition) is 3. The zero-order valence-electron chi connectivity index (χ0n) is 10.9. The van der Waals surface area contributed by atoms with Gasteiger partial charge in [-0.15, -0.1) is 0 Å². The summed E-state index contributed by atoms with van der Waals surface area (Å²) in [7, 11) is 0. The summed E-state index contributed by atoms with van der Waals surface area (Å²) in [4.78, 5) is 0. The molecule has 0 saturated carbocycles. The van der Waals surface area contributed by atoms with Gasteiger partial charge in [-0.1, -0.05) is 6.07 Å². The molecule has 0 radical (unpaired) electrons. The van der Waals surface area contributed by atoms with Crippen molar-refractivity contribution in [2.24, 2.45) is 0 Å². The van der Waals surface area contributed by atoms with E-state index in [1.165, 1.54) is 18.3 Å². The fourth-order valence-electron chi connectivity index (χ4n) is 1.93. The van der Waals surface area contributed by atoms with Crippen LogP contribution in [-0.2, 0) is 0 Å². The van der Waals surface area contributed by atoms with E-state index in [0.29, 0.717) is 22.8 Å². The molecule has 0 aliphatic heterocycles. The van der Waals surface area contributed by atoms with E-state index >= 15 is 0 Å². The van der Waals surface area contributed by atoms with Crippen LogP contribution < -0.4 is 4.74 Å². The number of hydrogen-bond donors (Lipinski definition) is 1. The molecule has 3 rings (SSSR count). The summed E-state index contributed by atoms with van der Waals surface area (Å²) in [5.74, 6) is 0.748. The standard InChI is InChI=1S/C16H10FN3O/c17-13-6-4-12(5-7-13)16-15(10-19-20-16)21-14-3-1-2-11(8-14)9-18/h1-8,10H,(H,19,20). The van der Waals surface area contributed by atoms with Crippen LogP contribution in [0.2, 0.25) is 0 Å². The fraction of sp³-hybridized carbons (Fsp3) is 0. The van der Waals surface area contributed by atoms with Crippen LogP contribution in [0.4, 0.5) is 4.39 Å². The van der Waals surface area contributed by atoms with E-state index in [-0.39, 0.29) is 5.82 Å². The van der Waals surface area contributed by atoms with Gasteiger partial charge in [0.2, 0.25) is 0 Å². The van der Waals surface area contributed by atoms with Gasteiger partial charge in [-0.05, 0) is 42.5 Å². The third kappa shape index (κ3) is 2.74. The first-order chi connectivity index (χ1) is 10.3. The Labute approximate surface area is 120 Å². The minimum absolute atomic E-state index is 0.303. The highest BCUT2D eigenvalue weighted by Crippen LogP contribution is 2.31. The van der Waals surface area contributed by atoms with Gasteiger partial charge in [-0.25, -0.2) is 4.39 Å². The zero-order valence-corrected chi connectivity index (χ0v) is 10.9. The number of H-pyrrole nitrogens is 1. The predicted molar refractivity (Wildman–Crippen MR) is 75.2 cm³/mol. The van der Waals surface area contributed by atoms with E-state index in [0.717, 1.165) is 5.56 Å². The maximum atomic E-state index is 13.0. The average Bonchev–Trinajstić information content (AvgIpc) is 2.96. The van der Waals surface area contributed by atoms with Crippen molar-refractivity contribution in [3.63, 3.8) is 0 Å². The van der Waals surface area contributed by atoms with Gasteiger partial charge in [-0.3, -0.25) is 5.10 Å². The van der Waals surface area contributed by atoms with Crippen molar-refractivity contribution in [2.45, 2.75) is 0 Å². The topological polar surface area (TPSA) is 61.7 Å². The van der Waals surface area contributed by atoms with Crippen LogP contribution in [0.15, 0.2) is 54.7 Å². The lowest BCUT2D eigenvalue weighted by Crippen LogP contribution is -1.87. The van der Waals surface area contributed by atoms with Gasteiger partial charge < -0.3 is 4.74 Å². The fourth-order valence-corrected chi connectivity index (χ4v) is 1.93. The van der Waals surface area contributed by atoms with Crippen molar-refractivity contribution in [1.82, 2.24) is 10.2 Å². The molecule has 0 saturated heterocycles. The summed E-state index contributed by atoms with van der Waals surface area (Å²) >= 11 is 0. The summed E-state index contributed by atoms with van der Waals surface area (Å²) in [5, 5.41) is 15.7. The first-order valence-corrected chi connectivity index (χ1v) is 6.23. The van der Waals surface area contributed by atoms with E-state index in [4.69, 9.17) is 10.00 Å². The van der Waals surface area contributed by atoms with Gasteiger partial charge in [-0.2, -0.15) is 10.4 Å². The molecular weight excluding hydrogens is 269 g/mol. The van der Waals surface area contributed by atoms with Gasteiger partial charge >= 0.3 is 0 Å². The van der Waals surface area contributed by atoms with Crippen molar-refractivity contribution < 1.29 is 9.13 Å². The van der Waals surface area contributed by atoms with E-state index < -0.39 is 0 Å². The summed E-state index contributed by atoms with van der Waals surface area (Å²) in [6, 6.07) is 14.9. The lowest BCUT2D eigenvalue weighted by atomic mass is 10.1. The number of nitrogens with one attached hydrogen (secondary N) is 1. The van der Waals surface area contributed by atoms with Gasteiger partial charge in [0.1, 0.15) is 17.3 Å². The Morgan fingerprint density at radius 3 is 2.71 bits per heavy atom. The number of aromatic nitrogens is 2. The second-order valence-electron chi connectivity index (χ2n) is 4.36. The smallest absolute Gasteiger partial charge is 0.172 e. The van der Waals surface area contributed by atoms with E-state index in [2.05, 4.69) is 16.3 Å². The van der Waals surface area contributed by atoms with Gasteiger partial charge in [0.25, 0.3) is 0 Å². The summed E-state index contributed by atoms with van der Waals surface area (Å²) in [5.41, 5.74) is 1.93. The molecule has 0 bridgehead atoms. The van der Waals surface area contributed by atoms with Crippen LogP contribution in [0.3, 0.4) is 0 Å². The number of benzene rings is 2. The van der Waals surface area contributed by atoms with E-state index in [1.807, 2.05) is 0 Å². The van der Waals surface area contributed by atoms with Crippen LogP contribution >= 0.6 is 0 Å². The Balaban J connectivity index is 1.92. The molecule has 1 aromatic heterocycles. The van der Waals surface area contributed by atoms with Crippen molar-refractivity contribution >= 4 is 0 Å². The third-order valence-electron chi connectivity index (χ3n) is 2.93. The molecule has 0 atom stereocenters. The quantitative estimate of drug-likeness (QED) is 0.791. The summed E-state index contributed by atoms with van der Waals surface area (Å²) in [6.07, 6.45) is 1.54. The summed E-state index contributed by atoms with van der Waals surface area (Å²) in [6.45, 7) is 0. The molecule has 0 aliphatic rings. The highest BCUT2D eigenvalue weighted by Gasteiger charge is 2.10. The zero-order chi connectivity index (χ0) is 14.7. The second-order valence-corrected chi connectivity index (χ2v) is 4.36. The second kappa shape index (κ2) is 5.47. The molecule has 3 aromatic rings.